The van der Waals surface area contributed by atoms with Crippen LogP contribution in [0.4, 0.5) is 0 Å². The second-order valence-corrected chi connectivity index (χ2v) is 13.3. The average molecular weight is 647 g/mol. The van der Waals surface area contributed by atoms with E-state index in [-0.39, 0.29) is 40.8 Å². The largest absolute Gasteiger partial charge is 0.493 e. The van der Waals surface area contributed by atoms with Gasteiger partial charge in [-0.1, -0.05) is 6.92 Å². The predicted molar refractivity (Wildman–Crippen MR) is 167 cm³/mol. The zero-order valence-corrected chi connectivity index (χ0v) is 27.1. The molecule has 3 aromatic rings. The molecule has 4 rings (SSSR count). The van der Waals surface area contributed by atoms with Gasteiger partial charge in [-0.25, -0.2) is 13.2 Å². The van der Waals surface area contributed by atoms with Crippen LogP contribution in [0.2, 0.25) is 0 Å². The zero-order valence-electron chi connectivity index (χ0n) is 25.5. The van der Waals surface area contributed by atoms with Crippen LogP contribution in [0.5, 0.6) is 28.7 Å². The Morgan fingerprint density at radius 2 is 1.41 bits per heavy atom. The Balaban J connectivity index is 1.56. The summed E-state index contributed by atoms with van der Waals surface area (Å²) in [5, 5.41) is 9.10. The Morgan fingerprint density at radius 3 is 1.91 bits per heavy atom. The lowest BCUT2D eigenvalue weighted by atomic mass is 10.0. The molecule has 0 spiro atoms. The number of hydrogen-bond donors (Lipinski definition) is 1. The van der Waals surface area contributed by atoms with Crippen LogP contribution in [-0.4, -0.2) is 66.0 Å². The molecule has 44 heavy (non-hydrogen) atoms. The fourth-order valence-electron chi connectivity index (χ4n) is 5.10. The third-order valence-corrected chi connectivity index (χ3v) is 10.1. The third kappa shape index (κ3) is 7.54. The minimum atomic E-state index is -3.69. The molecule has 12 heteroatoms. The van der Waals surface area contributed by atoms with E-state index < -0.39 is 15.8 Å². The summed E-state index contributed by atoms with van der Waals surface area (Å²) < 4.78 is 61.5. The fraction of sp³-hybridized carbons (Fsp3) is 0.406. The van der Waals surface area contributed by atoms with Gasteiger partial charge in [-0.15, -0.1) is 11.8 Å². The van der Waals surface area contributed by atoms with E-state index in [0.717, 1.165) is 10.5 Å². The summed E-state index contributed by atoms with van der Waals surface area (Å²) in [6.07, 6.45) is 1.16. The van der Waals surface area contributed by atoms with Gasteiger partial charge in [0, 0.05) is 10.6 Å². The molecule has 238 valence electrons. The van der Waals surface area contributed by atoms with E-state index >= 15 is 0 Å². The predicted octanol–water partition coefficient (Wildman–Crippen LogP) is 6.37. The molecule has 1 heterocycles. The Hall–Kier alpha value is -3.61. The highest BCUT2D eigenvalue weighted by molar-refractivity contribution is 7.99. The summed E-state index contributed by atoms with van der Waals surface area (Å²) in [6.45, 7) is 2.02. The number of aromatic carboxylic acids is 1. The molecule has 3 aromatic carbocycles. The molecular formula is C32H38O10S2. The van der Waals surface area contributed by atoms with Gasteiger partial charge in [-0.2, -0.15) is 0 Å². The van der Waals surface area contributed by atoms with Gasteiger partial charge in [0.2, 0.25) is 5.75 Å². The molecule has 0 aliphatic carbocycles. The van der Waals surface area contributed by atoms with Gasteiger partial charge in [0.25, 0.3) is 0 Å². The van der Waals surface area contributed by atoms with Crippen molar-refractivity contribution in [3.05, 3.63) is 65.2 Å². The number of thioether (sulfide) groups is 1. The van der Waals surface area contributed by atoms with Gasteiger partial charge in [-0.3, -0.25) is 0 Å². The summed E-state index contributed by atoms with van der Waals surface area (Å²) in [4.78, 5) is 12.0. The van der Waals surface area contributed by atoms with Crippen LogP contribution in [-0.2, 0) is 14.6 Å². The molecule has 1 unspecified atom stereocenters. The second-order valence-electron chi connectivity index (χ2n) is 10.0. The monoisotopic (exact) mass is 646 g/mol. The van der Waals surface area contributed by atoms with E-state index in [4.69, 9.17) is 33.5 Å². The van der Waals surface area contributed by atoms with Crippen LogP contribution < -0.4 is 23.7 Å². The van der Waals surface area contributed by atoms with E-state index in [9.17, 15) is 13.2 Å². The number of benzene rings is 3. The van der Waals surface area contributed by atoms with E-state index in [1.54, 1.807) is 57.7 Å². The first kappa shape index (κ1) is 33.3. The molecule has 10 nitrogen and oxygen atoms in total. The number of methoxy groups -OCH3 is 4. The number of carboxylic acids is 1. The molecule has 1 fully saturated rings. The van der Waals surface area contributed by atoms with Crippen LogP contribution in [0.3, 0.4) is 0 Å². The number of sulfone groups is 1. The SMILES string of the molecule is CCCS(=O)(=O)c1cc(C2CC[C@@H](c3cc(OC)c(OC)c(OC)c3)O2)cc(OC)c1OCCSc1ccc(C(=O)O)cc1. The first-order valence-corrected chi connectivity index (χ1v) is 16.8. The van der Waals surface area contributed by atoms with Crippen LogP contribution in [0.25, 0.3) is 0 Å². The lowest BCUT2D eigenvalue weighted by Crippen LogP contribution is -2.12. The molecule has 0 radical (unpaired) electrons. The van der Waals surface area contributed by atoms with Gasteiger partial charge >= 0.3 is 5.97 Å². The fourth-order valence-corrected chi connectivity index (χ4v) is 7.34. The minimum absolute atomic E-state index is 0.0414. The van der Waals surface area contributed by atoms with Gasteiger partial charge < -0.3 is 33.5 Å². The minimum Gasteiger partial charge on any atom is -0.493 e. The third-order valence-electron chi connectivity index (χ3n) is 7.22. The first-order valence-electron chi connectivity index (χ1n) is 14.1. The Kier molecular flexibility index (Phi) is 11.3. The Bertz CT molecular complexity index is 1530. The van der Waals surface area contributed by atoms with Gasteiger partial charge in [-0.05, 0) is 78.9 Å². The van der Waals surface area contributed by atoms with Crippen molar-refractivity contribution in [2.75, 3.05) is 46.6 Å². The maximum Gasteiger partial charge on any atom is 0.335 e. The highest BCUT2D eigenvalue weighted by Crippen LogP contribution is 2.48. The lowest BCUT2D eigenvalue weighted by Gasteiger charge is -2.21. The van der Waals surface area contributed by atoms with Gasteiger partial charge in [0.15, 0.2) is 32.8 Å². The Morgan fingerprint density at radius 1 is 0.864 bits per heavy atom. The summed E-state index contributed by atoms with van der Waals surface area (Å²) in [6, 6.07) is 13.7. The summed E-state index contributed by atoms with van der Waals surface area (Å²) in [5.41, 5.74) is 1.76. The van der Waals surface area contributed by atoms with Crippen LogP contribution in [0, 0.1) is 0 Å². The summed E-state index contributed by atoms with van der Waals surface area (Å²) in [7, 11) is 2.46. The molecule has 1 aliphatic heterocycles. The highest BCUT2D eigenvalue weighted by atomic mass is 32.2. The van der Waals surface area contributed by atoms with Crippen LogP contribution in [0.1, 0.15) is 59.9 Å². The Labute approximate surface area is 262 Å². The van der Waals surface area contributed by atoms with Crippen molar-refractivity contribution < 1.29 is 46.7 Å². The van der Waals surface area contributed by atoms with Crippen molar-refractivity contribution in [2.24, 2.45) is 0 Å². The smallest absolute Gasteiger partial charge is 0.335 e. The second kappa shape index (κ2) is 14.9. The van der Waals surface area contributed by atoms with Crippen molar-refractivity contribution in [3.63, 3.8) is 0 Å². The van der Waals surface area contributed by atoms with Gasteiger partial charge in [0.05, 0.1) is 58.6 Å². The van der Waals surface area contributed by atoms with Crippen molar-refractivity contribution in [2.45, 2.75) is 48.2 Å². The van der Waals surface area contributed by atoms with Crippen LogP contribution >= 0.6 is 11.8 Å². The number of carboxylic acid groups (broad SMARTS) is 1. The van der Waals surface area contributed by atoms with Crippen molar-refractivity contribution in [3.8, 4) is 28.7 Å². The normalized spacial score (nSPS) is 16.4. The topological polar surface area (TPSA) is 127 Å². The molecular weight excluding hydrogens is 608 g/mol. The van der Waals surface area contributed by atoms with Crippen molar-refractivity contribution >= 4 is 27.6 Å². The summed E-state index contributed by atoms with van der Waals surface area (Å²) >= 11 is 1.47. The average Bonchev–Trinajstić information content (AvgIpc) is 3.52. The van der Waals surface area contributed by atoms with E-state index in [2.05, 4.69) is 0 Å². The molecule has 2 atom stereocenters. The molecule has 0 bridgehead atoms. The maximum absolute atomic E-state index is 13.4. The molecule has 1 saturated heterocycles. The molecule has 0 aromatic heterocycles. The van der Waals surface area contributed by atoms with E-state index in [0.29, 0.717) is 53.6 Å². The standard InChI is InChI=1S/C32H38O10S2/c1-6-15-44(35,36)29-19-22(25-12-11-24(42-25)21-16-26(37-2)30(40-5)27(17-21)38-3)18-28(39-4)31(29)41-13-14-43-23-9-7-20(8-10-23)32(33)34/h7-10,16-19,24-25H,6,11-15H2,1-5H3,(H,33,34)/t24-,25?/m0/s1. The van der Waals surface area contributed by atoms with Crippen molar-refractivity contribution in [1.29, 1.82) is 0 Å². The number of carbonyl (C=O) groups is 1. The first-order chi connectivity index (χ1) is 21.1. The molecule has 1 aliphatic rings. The number of hydrogen-bond acceptors (Lipinski definition) is 10. The van der Waals surface area contributed by atoms with Crippen LogP contribution in [0.15, 0.2) is 58.3 Å². The van der Waals surface area contributed by atoms with E-state index in [1.165, 1.54) is 18.9 Å². The maximum atomic E-state index is 13.4. The molecule has 0 saturated carbocycles. The van der Waals surface area contributed by atoms with Crippen molar-refractivity contribution in [1.82, 2.24) is 0 Å². The van der Waals surface area contributed by atoms with E-state index in [1.807, 2.05) is 19.1 Å². The molecule has 1 N–H and O–H groups in total. The molecule has 0 amide bonds. The van der Waals surface area contributed by atoms with Gasteiger partial charge in [0.1, 0.15) is 4.90 Å². The summed E-state index contributed by atoms with van der Waals surface area (Å²) in [5.74, 6) is 1.52. The number of ether oxygens (including phenoxy) is 6. The number of rotatable bonds is 15. The lowest BCUT2D eigenvalue weighted by molar-refractivity contribution is 0.0435. The zero-order chi connectivity index (χ0) is 31.9. The highest BCUT2D eigenvalue weighted by Gasteiger charge is 2.32. The quantitative estimate of drug-likeness (QED) is 0.146.